The van der Waals surface area contributed by atoms with Gasteiger partial charge >= 0.3 is 0 Å². The zero-order valence-electron chi connectivity index (χ0n) is 10.2. The fourth-order valence-electron chi connectivity index (χ4n) is 1.72. The van der Waals surface area contributed by atoms with Crippen LogP contribution in [0.5, 0.6) is 0 Å². The van der Waals surface area contributed by atoms with Crippen LogP contribution in [-0.4, -0.2) is 16.0 Å². The number of hydrogen-bond donors (Lipinski definition) is 1. The van der Waals surface area contributed by atoms with Gasteiger partial charge in [0.15, 0.2) is 4.34 Å². The average Bonchev–Trinajstić information content (AvgIpc) is 3.06. The van der Waals surface area contributed by atoms with Crippen LogP contribution in [0.2, 0.25) is 0 Å². The molecule has 3 nitrogen and oxygen atoms in total. The van der Waals surface area contributed by atoms with Crippen molar-refractivity contribution in [2.75, 3.05) is 0 Å². The van der Waals surface area contributed by atoms with Crippen molar-refractivity contribution in [1.29, 1.82) is 0 Å². The van der Waals surface area contributed by atoms with E-state index in [1.54, 1.807) is 23.1 Å². The van der Waals surface area contributed by atoms with Crippen LogP contribution in [0.4, 0.5) is 0 Å². The van der Waals surface area contributed by atoms with E-state index < -0.39 is 0 Å². The Bertz CT molecular complexity index is 521. The summed E-state index contributed by atoms with van der Waals surface area (Å²) in [6.07, 6.45) is 6.45. The van der Waals surface area contributed by atoms with E-state index >= 15 is 0 Å². The quantitative estimate of drug-likeness (QED) is 0.910. The minimum absolute atomic E-state index is 0.745. The highest BCUT2D eigenvalue weighted by atomic mass is 32.2. The molecule has 1 aliphatic rings. The van der Waals surface area contributed by atoms with Crippen LogP contribution in [0.1, 0.15) is 24.0 Å². The number of aryl methyl sites for hydroxylation is 1. The van der Waals surface area contributed by atoms with E-state index in [-0.39, 0.29) is 0 Å². The van der Waals surface area contributed by atoms with Gasteiger partial charge in [0.05, 0.1) is 0 Å². The number of nitrogens with one attached hydrogen (secondary N) is 1. The third-order valence-corrected chi connectivity index (χ3v) is 4.86. The Hall–Kier alpha value is -0.910. The summed E-state index contributed by atoms with van der Waals surface area (Å²) >= 11 is 3.29. The molecule has 0 aromatic carbocycles. The summed E-state index contributed by atoms with van der Waals surface area (Å²) in [5.74, 6) is 0. The van der Waals surface area contributed by atoms with Gasteiger partial charge in [-0.1, -0.05) is 6.07 Å². The molecule has 1 fully saturated rings. The van der Waals surface area contributed by atoms with Crippen LogP contribution < -0.4 is 5.32 Å². The van der Waals surface area contributed by atoms with Gasteiger partial charge in [-0.2, -0.15) is 0 Å². The predicted octanol–water partition coefficient (Wildman–Crippen LogP) is 3.25. The molecule has 3 rings (SSSR count). The van der Waals surface area contributed by atoms with Crippen LogP contribution in [0.15, 0.2) is 33.2 Å². The molecule has 94 valence electrons. The smallest absolute Gasteiger partial charge is 0.156 e. The Balaban J connectivity index is 1.67. The first kappa shape index (κ1) is 12.1. The summed E-state index contributed by atoms with van der Waals surface area (Å²) in [6.45, 7) is 3.05. The fourth-order valence-corrected chi connectivity index (χ4v) is 3.28. The summed E-state index contributed by atoms with van der Waals surface area (Å²) in [5.41, 5.74) is 2.49. The summed E-state index contributed by atoms with van der Waals surface area (Å²) in [5, 5.41) is 6.56. The maximum absolute atomic E-state index is 4.54. The van der Waals surface area contributed by atoms with E-state index in [1.165, 1.54) is 24.0 Å². The zero-order valence-corrected chi connectivity index (χ0v) is 11.9. The molecule has 1 N–H and O–H groups in total. The lowest BCUT2D eigenvalue weighted by atomic mass is 10.2. The van der Waals surface area contributed by atoms with E-state index in [0.29, 0.717) is 0 Å². The summed E-state index contributed by atoms with van der Waals surface area (Å²) < 4.78 is 1.05. The molecule has 0 spiro atoms. The maximum atomic E-state index is 4.54. The number of hydrogen-bond acceptors (Lipinski definition) is 5. The van der Waals surface area contributed by atoms with E-state index in [4.69, 9.17) is 0 Å². The standard InChI is InChI=1S/C13H15N3S2/c1-9-6-10(7-15-11-2-3-11)8-16-12(9)18-13-14-4-5-17-13/h4-6,8,11,15H,2-3,7H2,1H3. The second-order valence-corrected chi connectivity index (χ2v) is 6.65. The molecule has 0 bridgehead atoms. The van der Waals surface area contributed by atoms with Crippen molar-refractivity contribution in [3.8, 4) is 0 Å². The number of pyridine rings is 1. The first-order valence-electron chi connectivity index (χ1n) is 6.07. The van der Waals surface area contributed by atoms with Gasteiger partial charge in [0, 0.05) is 30.4 Å². The van der Waals surface area contributed by atoms with Crippen LogP contribution >= 0.6 is 23.1 Å². The Morgan fingerprint density at radius 3 is 3.00 bits per heavy atom. The van der Waals surface area contributed by atoms with E-state index in [2.05, 4.69) is 28.3 Å². The molecule has 0 radical (unpaired) electrons. The van der Waals surface area contributed by atoms with Crippen molar-refractivity contribution in [2.24, 2.45) is 0 Å². The predicted molar refractivity (Wildman–Crippen MR) is 75.1 cm³/mol. The molecule has 0 saturated heterocycles. The molecule has 2 aromatic heterocycles. The van der Waals surface area contributed by atoms with Gasteiger partial charge in [-0.05, 0) is 42.7 Å². The van der Waals surface area contributed by atoms with Gasteiger partial charge in [-0.25, -0.2) is 9.97 Å². The number of nitrogens with zero attached hydrogens (tertiary/aromatic N) is 2. The lowest BCUT2D eigenvalue weighted by Gasteiger charge is -2.06. The first-order valence-corrected chi connectivity index (χ1v) is 7.77. The second kappa shape index (κ2) is 5.38. The van der Waals surface area contributed by atoms with Gasteiger partial charge in [0.2, 0.25) is 0 Å². The van der Waals surface area contributed by atoms with Crippen LogP contribution in [0.3, 0.4) is 0 Å². The number of aromatic nitrogens is 2. The highest BCUT2D eigenvalue weighted by Gasteiger charge is 2.20. The minimum atomic E-state index is 0.745. The van der Waals surface area contributed by atoms with E-state index in [1.807, 2.05) is 17.8 Å². The maximum Gasteiger partial charge on any atom is 0.156 e. The molecule has 0 aliphatic heterocycles. The Kier molecular flexibility index (Phi) is 3.63. The lowest BCUT2D eigenvalue weighted by molar-refractivity contribution is 0.684. The highest BCUT2D eigenvalue weighted by Crippen LogP contribution is 2.30. The minimum Gasteiger partial charge on any atom is -0.310 e. The molecule has 0 amide bonds. The molecule has 2 heterocycles. The molecule has 1 saturated carbocycles. The van der Waals surface area contributed by atoms with Gasteiger partial charge in [0.1, 0.15) is 5.03 Å². The zero-order chi connectivity index (χ0) is 12.4. The first-order chi connectivity index (χ1) is 8.81. The van der Waals surface area contributed by atoms with Crippen LogP contribution in [0.25, 0.3) is 0 Å². The number of rotatable bonds is 5. The molecule has 0 unspecified atom stereocenters. The van der Waals surface area contributed by atoms with Crippen molar-refractivity contribution in [1.82, 2.24) is 15.3 Å². The summed E-state index contributed by atoms with van der Waals surface area (Å²) in [7, 11) is 0. The van der Waals surface area contributed by atoms with E-state index in [0.717, 1.165) is 22.0 Å². The topological polar surface area (TPSA) is 37.8 Å². The third kappa shape index (κ3) is 3.10. The van der Waals surface area contributed by atoms with Gasteiger partial charge in [0.25, 0.3) is 0 Å². The lowest BCUT2D eigenvalue weighted by Crippen LogP contribution is -2.15. The van der Waals surface area contributed by atoms with Crippen LogP contribution in [-0.2, 0) is 6.54 Å². The van der Waals surface area contributed by atoms with Crippen molar-refractivity contribution >= 4 is 23.1 Å². The van der Waals surface area contributed by atoms with Crippen molar-refractivity contribution in [3.63, 3.8) is 0 Å². The van der Waals surface area contributed by atoms with E-state index in [9.17, 15) is 0 Å². The van der Waals surface area contributed by atoms with Crippen molar-refractivity contribution < 1.29 is 0 Å². The molecular formula is C13H15N3S2. The fraction of sp³-hybridized carbons (Fsp3) is 0.385. The number of thiazole rings is 1. The summed E-state index contributed by atoms with van der Waals surface area (Å²) in [6, 6.07) is 2.97. The van der Waals surface area contributed by atoms with Gasteiger partial charge in [-0.3, -0.25) is 0 Å². The molecule has 5 heteroatoms. The molecular weight excluding hydrogens is 262 g/mol. The van der Waals surface area contributed by atoms with Gasteiger partial charge in [-0.15, -0.1) is 11.3 Å². The Labute approximate surface area is 115 Å². The normalized spacial score (nSPS) is 14.9. The molecule has 0 atom stereocenters. The average molecular weight is 277 g/mol. The largest absolute Gasteiger partial charge is 0.310 e. The third-order valence-electron chi connectivity index (χ3n) is 2.85. The second-order valence-electron chi connectivity index (χ2n) is 4.52. The SMILES string of the molecule is Cc1cc(CNC2CC2)cnc1Sc1nccs1. The van der Waals surface area contributed by atoms with Crippen LogP contribution in [0, 0.1) is 6.92 Å². The molecule has 2 aromatic rings. The Morgan fingerprint density at radius 2 is 2.33 bits per heavy atom. The van der Waals surface area contributed by atoms with Crippen molar-refractivity contribution in [2.45, 2.75) is 41.7 Å². The van der Waals surface area contributed by atoms with Gasteiger partial charge < -0.3 is 5.32 Å². The molecule has 18 heavy (non-hydrogen) atoms. The highest BCUT2D eigenvalue weighted by molar-refractivity contribution is 8.01. The van der Waals surface area contributed by atoms with Crippen molar-refractivity contribution in [3.05, 3.63) is 35.0 Å². The molecule has 1 aliphatic carbocycles. The Morgan fingerprint density at radius 1 is 1.44 bits per heavy atom. The monoisotopic (exact) mass is 277 g/mol. The summed E-state index contributed by atoms with van der Waals surface area (Å²) in [4.78, 5) is 8.81.